The van der Waals surface area contributed by atoms with Gasteiger partial charge in [0.15, 0.2) is 47.7 Å². The number of pyridine rings is 1. The van der Waals surface area contributed by atoms with Gasteiger partial charge in [0, 0.05) is 41.5 Å². The lowest BCUT2D eigenvalue weighted by atomic mass is 9.88. The van der Waals surface area contributed by atoms with Crippen LogP contribution in [0.2, 0.25) is 0 Å². The standard InChI is InChI=1S/C41H42N4O8S2/c1-23(46)36-28(13-12-25-8-10-26(11-9-25)19-44-15-14-27-16-32(47)33(48)17-29(27)20-44)21-55-38-30(37(50)45(36)38)18-34(49)35(31-22-54-24(2)42-31)43-53-41(6,7)39(51)52-40(3,4)5/h8-17,20,22,30,38,48H,18-19,21H2,1-7H3/p+1/b13-12-,43-35-/t30-,38-/m1/s1. The highest BCUT2D eigenvalue weighted by atomic mass is 32.2. The Bertz CT molecular complexity index is 2280. The quantitative estimate of drug-likeness (QED) is 0.0421. The Balaban J connectivity index is 1.14. The number of thiazole rings is 1. The molecule has 14 heteroatoms. The molecule has 286 valence electrons. The second-order valence-electron chi connectivity index (χ2n) is 15.0. The summed E-state index contributed by atoms with van der Waals surface area (Å²) in [6.45, 7) is 12.0. The lowest BCUT2D eigenvalue weighted by Gasteiger charge is -2.49. The number of β-lactam (4-membered cyclic amide) rings is 1. The summed E-state index contributed by atoms with van der Waals surface area (Å²) in [7, 11) is 0. The monoisotopic (exact) mass is 783 g/mol. The van der Waals surface area contributed by atoms with E-state index in [0.717, 1.165) is 27.5 Å². The number of aromatic hydroxyl groups is 2. The number of amides is 1. The van der Waals surface area contributed by atoms with Gasteiger partial charge in [0.2, 0.25) is 11.5 Å². The topological polar surface area (TPSA) is 160 Å². The van der Waals surface area contributed by atoms with Gasteiger partial charge in [-0.15, -0.1) is 23.1 Å². The van der Waals surface area contributed by atoms with Crippen molar-refractivity contribution in [1.82, 2.24) is 9.88 Å². The second-order valence-corrected chi connectivity index (χ2v) is 17.2. The molecular weight excluding hydrogens is 741 g/mol. The number of phenolic OH excluding ortho intramolecular Hbond substituents is 2. The van der Waals surface area contributed by atoms with Crippen molar-refractivity contribution in [2.45, 2.75) is 78.0 Å². The van der Waals surface area contributed by atoms with Gasteiger partial charge in [-0.25, -0.2) is 14.3 Å². The maximum Gasteiger partial charge on any atom is 0.353 e. The van der Waals surface area contributed by atoms with Gasteiger partial charge in [-0.1, -0.05) is 41.6 Å². The van der Waals surface area contributed by atoms with Gasteiger partial charge < -0.3 is 19.8 Å². The number of nitrogens with zero attached hydrogens (tertiary/aromatic N) is 4. The lowest BCUT2D eigenvalue weighted by Crippen LogP contribution is -2.61. The van der Waals surface area contributed by atoms with Crippen molar-refractivity contribution in [3.05, 3.63) is 99.4 Å². The normalized spacial score (nSPS) is 17.7. The molecule has 2 aliphatic heterocycles. The average Bonchev–Trinajstić information content (AvgIpc) is 3.55. The van der Waals surface area contributed by atoms with E-state index in [4.69, 9.17) is 9.57 Å². The zero-order valence-electron chi connectivity index (χ0n) is 31.7. The van der Waals surface area contributed by atoms with Gasteiger partial charge in [-0.3, -0.25) is 19.3 Å². The van der Waals surface area contributed by atoms with Crippen LogP contribution in [0, 0.1) is 12.8 Å². The van der Waals surface area contributed by atoms with Crippen molar-refractivity contribution in [2.75, 3.05) is 5.75 Å². The molecule has 0 saturated carbocycles. The number of allylic oxidation sites excluding steroid dienone is 2. The fraction of sp³-hybridized carbons (Fsp3) is 0.341. The van der Waals surface area contributed by atoms with Crippen molar-refractivity contribution in [1.29, 1.82) is 0 Å². The Morgan fingerprint density at radius 3 is 2.36 bits per heavy atom. The fourth-order valence-electron chi connectivity index (χ4n) is 6.17. The summed E-state index contributed by atoms with van der Waals surface area (Å²) in [5, 5.41) is 27.4. The zero-order valence-corrected chi connectivity index (χ0v) is 33.3. The molecule has 0 bridgehead atoms. The van der Waals surface area contributed by atoms with Gasteiger partial charge in [0.25, 0.3) is 0 Å². The van der Waals surface area contributed by atoms with Crippen LogP contribution in [-0.2, 0) is 35.3 Å². The summed E-state index contributed by atoms with van der Waals surface area (Å²) in [5.74, 6) is -2.24. The molecular formula is C41H43N4O8S2+. The predicted octanol–water partition coefficient (Wildman–Crippen LogP) is 6.24. The number of aryl methyl sites for hydroxylation is 1. The molecule has 2 aromatic heterocycles. The second kappa shape index (κ2) is 15.4. The number of fused-ring (bicyclic) bond motifs is 2. The van der Waals surface area contributed by atoms with Crippen LogP contribution in [0.25, 0.3) is 16.8 Å². The number of ether oxygens (including phenoxy) is 1. The Kier molecular flexibility index (Phi) is 11.0. The van der Waals surface area contributed by atoms with Gasteiger partial charge >= 0.3 is 5.97 Å². The van der Waals surface area contributed by atoms with Crippen LogP contribution in [0.1, 0.15) is 69.8 Å². The third-order valence-electron chi connectivity index (χ3n) is 8.98. The van der Waals surface area contributed by atoms with Gasteiger partial charge in [-0.2, -0.15) is 0 Å². The molecule has 1 saturated heterocycles. The molecule has 0 radical (unpaired) electrons. The van der Waals surface area contributed by atoms with Crippen LogP contribution >= 0.6 is 23.1 Å². The minimum Gasteiger partial charge on any atom is -0.504 e. The van der Waals surface area contributed by atoms with E-state index in [1.54, 1.807) is 33.1 Å². The van der Waals surface area contributed by atoms with Crippen molar-refractivity contribution in [3.63, 3.8) is 0 Å². The Morgan fingerprint density at radius 1 is 1.04 bits per heavy atom. The van der Waals surface area contributed by atoms with E-state index in [9.17, 15) is 29.4 Å². The summed E-state index contributed by atoms with van der Waals surface area (Å²) in [4.78, 5) is 64.7. The SMILES string of the molecule is CC(=O)C1=C(/C=C\c2ccc(C[n+]3ccc4cc(O)c(O)cc4c3)cc2)CS[C@@H]2[C@H](CC(=O)/C(=N\OC(C)(C)C(=O)OC(C)(C)C)c3csc(C)n3)C(=O)N12. The van der Waals surface area contributed by atoms with Crippen molar-refractivity contribution < 1.29 is 43.5 Å². The van der Waals surface area contributed by atoms with Crippen LogP contribution in [0.3, 0.4) is 0 Å². The molecule has 2 aliphatic rings. The molecule has 1 fully saturated rings. The number of phenols is 2. The average molecular weight is 784 g/mol. The Morgan fingerprint density at radius 2 is 1.73 bits per heavy atom. The van der Waals surface area contributed by atoms with Crippen LogP contribution in [0.15, 0.2) is 82.7 Å². The van der Waals surface area contributed by atoms with Crippen LogP contribution in [0.4, 0.5) is 0 Å². The van der Waals surface area contributed by atoms with E-state index in [1.807, 2.05) is 59.4 Å². The number of thioether (sulfide) groups is 1. The predicted molar refractivity (Wildman–Crippen MR) is 210 cm³/mol. The number of esters is 1. The number of ketones is 2. The van der Waals surface area contributed by atoms with E-state index in [1.165, 1.54) is 60.9 Å². The number of benzene rings is 2. The summed E-state index contributed by atoms with van der Waals surface area (Å²) < 4.78 is 7.45. The largest absolute Gasteiger partial charge is 0.504 e. The molecule has 2 aromatic carbocycles. The number of carbonyl (C=O) groups is 4. The first-order chi connectivity index (χ1) is 25.9. The molecule has 55 heavy (non-hydrogen) atoms. The van der Waals surface area contributed by atoms with Crippen molar-refractivity contribution in [2.24, 2.45) is 11.1 Å². The summed E-state index contributed by atoms with van der Waals surface area (Å²) in [6.07, 6.45) is 7.41. The summed E-state index contributed by atoms with van der Waals surface area (Å²) in [6, 6.07) is 12.9. The molecule has 2 N–H and O–H groups in total. The summed E-state index contributed by atoms with van der Waals surface area (Å²) >= 11 is 2.82. The Labute approximate surface area is 327 Å². The number of rotatable bonds is 12. The Hall–Kier alpha value is -5.34. The number of Topliss-reactive ketones (excluding diaryl/α,β-unsaturated/α-hetero) is 2. The molecule has 1 amide bonds. The number of hydrogen-bond donors (Lipinski definition) is 2. The molecule has 12 nitrogen and oxygen atoms in total. The number of hydrogen-bond acceptors (Lipinski definition) is 12. The number of oxime groups is 1. The zero-order chi connectivity index (χ0) is 39.8. The van der Waals surface area contributed by atoms with Gasteiger partial charge in [0.05, 0.1) is 22.0 Å². The van der Waals surface area contributed by atoms with E-state index < -0.39 is 34.2 Å². The molecule has 6 rings (SSSR count). The molecule has 0 spiro atoms. The molecule has 4 aromatic rings. The first-order valence-corrected chi connectivity index (χ1v) is 19.6. The highest BCUT2D eigenvalue weighted by Gasteiger charge is 2.53. The number of carbonyl (C=O) groups excluding carboxylic acids is 4. The maximum atomic E-state index is 13.8. The highest BCUT2D eigenvalue weighted by molar-refractivity contribution is 8.00. The third-order valence-corrected chi connectivity index (χ3v) is 11.1. The highest BCUT2D eigenvalue weighted by Crippen LogP contribution is 2.46. The van der Waals surface area contributed by atoms with Crippen molar-refractivity contribution >= 4 is 69.1 Å². The summed E-state index contributed by atoms with van der Waals surface area (Å²) in [5.41, 5.74) is 0.932. The molecule has 2 atom stereocenters. The maximum absolute atomic E-state index is 13.8. The van der Waals surface area contributed by atoms with Crippen LogP contribution < -0.4 is 4.57 Å². The van der Waals surface area contributed by atoms with E-state index in [2.05, 4.69) is 10.1 Å². The minimum absolute atomic E-state index is 0.0951. The number of aromatic nitrogens is 2. The third kappa shape index (κ3) is 8.81. The van der Waals surface area contributed by atoms with E-state index in [0.29, 0.717) is 23.0 Å². The van der Waals surface area contributed by atoms with Crippen LogP contribution in [-0.4, -0.2) is 71.6 Å². The first kappa shape index (κ1) is 39.4. The molecule has 0 aliphatic carbocycles. The van der Waals surface area contributed by atoms with E-state index in [-0.39, 0.29) is 41.0 Å². The first-order valence-electron chi connectivity index (χ1n) is 17.7. The van der Waals surface area contributed by atoms with E-state index >= 15 is 0 Å². The van der Waals surface area contributed by atoms with Crippen molar-refractivity contribution in [3.8, 4) is 11.5 Å². The smallest absolute Gasteiger partial charge is 0.353 e. The lowest BCUT2D eigenvalue weighted by molar-refractivity contribution is -0.687. The minimum atomic E-state index is -1.50. The molecule has 4 heterocycles. The fourth-order valence-corrected chi connectivity index (χ4v) is 8.16. The van der Waals surface area contributed by atoms with Gasteiger partial charge in [0.1, 0.15) is 11.3 Å². The molecule has 0 unspecified atom stereocenters. The van der Waals surface area contributed by atoms with Crippen LogP contribution in [0.5, 0.6) is 11.5 Å². The van der Waals surface area contributed by atoms with Gasteiger partial charge in [-0.05, 0) is 70.2 Å².